The Hall–Kier alpha value is -4.62. The van der Waals surface area contributed by atoms with Gasteiger partial charge in [0.15, 0.2) is 0 Å². The van der Waals surface area contributed by atoms with Crippen LogP contribution in [0.5, 0.6) is 0 Å². The summed E-state index contributed by atoms with van der Waals surface area (Å²) in [5, 5.41) is 14.5. The van der Waals surface area contributed by atoms with E-state index in [0.717, 1.165) is 5.56 Å². The molecule has 1 saturated carbocycles. The largest absolute Gasteiger partial charge is 0.478 e. The standard InChI is InChI=1S/C37H36F6N4O4/c38-28-8-4-23(5-9-28)17-47-18-26(16-44-47)31(48)45-19-27(34(20-45)21-46(22-34)33(51)35(14-15-35)37(41,42)43)7-6-25-2-1-3-29(30(25)32(49)50)24-10-12-36(39,40)13-11-24/h1-5,8-10,16,18,27H,6-7,11-15,17,19-22H2,(H,49,50). The number of likely N-dealkylation sites (tertiary alicyclic amines) is 2. The number of alkyl halides is 5. The molecular formula is C37H36F6N4O4. The summed E-state index contributed by atoms with van der Waals surface area (Å²) < 4.78 is 84.1. The number of rotatable bonds is 9. The number of aromatic carboxylic acids is 1. The van der Waals surface area contributed by atoms with E-state index in [1.807, 2.05) is 0 Å². The van der Waals surface area contributed by atoms with Crippen molar-refractivity contribution in [2.24, 2.45) is 16.7 Å². The molecule has 14 heteroatoms. The predicted molar refractivity (Wildman–Crippen MR) is 172 cm³/mol. The summed E-state index contributed by atoms with van der Waals surface area (Å²) in [5.74, 6) is -5.98. The first-order valence-corrected chi connectivity index (χ1v) is 16.9. The zero-order valence-corrected chi connectivity index (χ0v) is 27.6. The third kappa shape index (κ3) is 6.53. The Morgan fingerprint density at radius 2 is 1.67 bits per heavy atom. The van der Waals surface area contributed by atoms with Gasteiger partial charge < -0.3 is 14.9 Å². The number of amides is 2. The van der Waals surface area contributed by atoms with Crippen molar-refractivity contribution in [1.82, 2.24) is 19.6 Å². The smallest absolute Gasteiger partial charge is 0.403 e. The monoisotopic (exact) mass is 714 g/mol. The van der Waals surface area contributed by atoms with Crippen LogP contribution >= 0.6 is 0 Å². The number of aryl methyl sites for hydroxylation is 1. The quantitative estimate of drug-likeness (QED) is 0.245. The molecule has 3 aromatic rings. The van der Waals surface area contributed by atoms with Crippen LogP contribution in [-0.2, 0) is 17.8 Å². The molecular weight excluding hydrogens is 678 g/mol. The highest BCUT2D eigenvalue weighted by atomic mass is 19.4. The van der Waals surface area contributed by atoms with Crippen molar-refractivity contribution in [1.29, 1.82) is 0 Å². The van der Waals surface area contributed by atoms with Gasteiger partial charge in [0.05, 0.1) is 23.9 Å². The molecule has 1 N–H and O–H groups in total. The van der Waals surface area contributed by atoms with Crippen LogP contribution in [0, 0.1) is 22.6 Å². The van der Waals surface area contributed by atoms with Crippen molar-refractivity contribution in [2.75, 3.05) is 26.2 Å². The van der Waals surface area contributed by atoms with Gasteiger partial charge in [-0.05, 0) is 72.4 Å². The van der Waals surface area contributed by atoms with Gasteiger partial charge in [-0.2, -0.15) is 18.3 Å². The number of carboxylic acid groups (broad SMARTS) is 1. The van der Waals surface area contributed by atoms with E-state index in [2.05, 4.69) is 5.10 Å². The van der Waals surface area contributed by atoms with E-state index in [1.165, 1.54) is 29.3 Å². The molecule has 2 aliphatic carbocycles. The molecule has 2 aromatic carbocycles. The number of carbonyl (C=O) groups is 3. The molecule has 2 amide bonds. The number of aromatic nitrogens is 2. The minimum Gasteiger partial charge on any atom is -0.478 e. The Kier molecular flexibility index (Phi) is 8.57. The Morgan fingerprint density at radius 3 is 2.29 bits per heavy atom. The number of carbonyl (C=O) groups excluding carboxylic acids is 2. The Labute approximate surface area is 289 Å². The third-order valence-corrected chi connectivity index (χ3v) is 11.1. The lowest BCUT2D eigenvalue weighted by Crippen LogP contribution is -2.64. The summed E-state index contributed by atoms with van der Waals surface area (Å²) in [6.45, 7) is 0.790. The number of hydrogen-bond acceptors (Lipinski definition) is 4. The fourth-order valence-electron chi connectivity index (χ4n) is 8.06. The molecule has 8 nitrogen and oxygen atoms in total. The van der Waals surface area contributed by atoms with E-state index in [1.54, 1.807) is 46.1 Å². The fraction of sp³-hybridized carbons (Fsp3) is 0.459. The zero-order chi connectivity index (χ0) is 36.3. The van der Waals surface area contributed by atoms with Crippen LogP contribution < -0.4 is 0 Å². The second-order valence-corrected chi connectivity index (χ2v) is 14.5. The van der Waals surface area contributed by atoms with E-state index < -0.39 is 41.2 Å². The van der Waals surface area contributed by atoms with Crippen molar-refractivity contribution >= 4 is 23.4 Å². The Bertz CT molecular complexity index is 1890. The van der Waals surface area contributed by atoms with Crippen LogP contribution in [-0.4, -0.2) is 80.7 Å². The molecule has 0 radical (unpaired) electrons. The van der Waals surface area contributed by atoms with Crippen LogP contribution in [0.3, 0.4) is 0 Å². The molecule has 3 fully saturated rings. The highest BCUT2D eigenvalue weighted by Crippen LogP contribution is 2.60. The highest BCUT2D eigenvalue weighted by Gasteiger charge is 2.71. The molecule has 4 aliphatic rings. The van der Waals surface area contributed by atoms with Gasteiger partial charge in [-0.25, -0.2) is 18.0 Å². The van der Waals surface area contributed by atoms with Crippen LogP contribution in [0.25, 0.3) is 5.57 Å². The van der Waals surface area contributed by atoms with Gasteiger partial charge in [-0.15, -0.1) is 0 Å². The molecule has 2 saturated heterocycles. The van der Waals surface area contributed by atoms with Crippen LogP contribution in [0.1, 0.15) is 75.9 Å². The maximum absolute atomic E-state index is 13.9. The lowest BCUT2D eigenvalue weighted by Gasteiger charge is -2.52. The summed E-state index contributed by atoms with van der Waals surface area (Å²) >= 11 is 0. The highest BCUT2D eigenvalue weighted by molar-refractivity contribution is 5.96. The minimum absolute atomic E-state index is 0.0220. The molecule has 1 aromatic heterocycles. The molecule has 2 aliphatic heterocycles. The van der Waals surface area contributed by atoms with E-state index in [0.29, 0.717) is 35.2 Å². The number of hydrogen-bond donors (Lipinski definition) is 1. The second-order valence-electron chi connectivity index (χ2n) is 14.5. The molecule has 270 valence electrons. The van der Waals surface area contributed by atoms with Crippen LogP contribution in [0.2, 0.25) is 0 Å². The lowest BCUT2D eigenvalue weighted by atomic mass is 9.69. The number of allylic oxidation sites excluding steroid dienone is 2. The van der Waals surface area contributed by atoms with Gasteiger partial charge in [0.2, 0.25) is 5.91 Å². The Morgan fingerprint density at radius 1 is 0.961 bits per heavy atom. The minimum atomic E-state index is -4.65. The van der Waals surface area contributed by atoms with E-state index in [9.17, 15) is 45.8 Å². The molecule has 1 atom stereocenters. The SMILES string of the molecule is O=C(O)c1c(CCC2CN(C(=O)c3cnn(Cc4ccc(F)cc4)c3)CC23CN(C(=O)C2(C(F)(F)F)CC2)C3)cccc1C1=CCC(F)(F)CC1. The molecule has 1 unspecified atom stereocenters. The average Bonchev–Trinajstić information content (AvgIpc) is 3.63. The maximum Gasteiger partial charge on any atom is 0.403 e. The fourth-order valence-corrected chi connectivity index (χ4v) is 8.06. The zero-order valence-electron chi connectivity index (χ0n) is 27.6. The summed E-state index contributed by atoms with van der Waals surface area (Å²) in [5.41, 5.74) is -0.555. The summed E-state index contributed by atoms with van der Waals surface area (Å²) in [7, 11) is 0. The van der Waals surface area contributed by atoms with Crippen molar-refractivity contribution in [2.45, 2.75) is 63.6 Å². The summed E-state index contributed by atoms with van der Waals surface area (Å²) in [6, 6.07) is 10.8. The van der Waals surface area contributed by atoms with E-state index in [4.69, 9.17) is 0 Å². The first kappa shape index (κ1) is 34.8. The first-order valence-electron chi connectivity index (χ1n) is 16.9. The number of benzene rings is 2. The van der Waals surface area contributed by atoms with Crippen molar-refractivity contribution in [3.63, 3.8) is 0 Å². The summed E-state index contributed by atoms with van der Waals surface area (Å²) in [6.07, 6.45) is -0.976. The number of nitrogens with zero attached hydrogens (tertiary/aromatic N) is 4. The predicted octanol–water partition coefficient (Wildman–Crippen LogP) is 6.85. The molecule has 51 heavy (non-hydrogen) atoms. The van der Waals surface area contributed by atoms with Crippen molar-refractivity contribution in [3.8, 4) is 0 Å². The van der Waals surface area contributed by atoms with Crippen molar-refractivity contribution < 1.29 is 45.8 Å². The Balaban J connectivity index is 1.11. The van der Waals surface area contributed by atoms with Gasteiger partial charge >= 0.3 is 12.1 Å². The average molecular weight is 715 g/mol. The van der Waals surface area contributed by atoms with Gasteiger partial charge in [0.1, 0.15) is 11.2 Å². The number of carboxylic acids is 1. The molecule has 0 bridgehead atoms. The molecule has 1 spiro atoms. The van der Waals surface area contributed by atoms with E-state index >= 15 is 0 Å². The van der Waals surface area contributed by atoms with Gasteiger partial charge in [0.25, 0.3) is 11.8 Å². The van der Waals surface area contributed by atoms with Gasteiger partial charge in [-0.1, -0.05) is 36.4 Å². The lowest BCUT2D eigenvalue weighted by molar-refractivity contribution is -0.205. The van der Waals surface area contributed by atoms with E-state index in [-0.39, 0.29) is 81.5 Å². The topological polar surface area (TPSA) is 95.7 Å². The summed E-state index contributed by atoms with van der Waals surface area (Å²) in [4.78, 5) is 42.3. The van der Waals surface area contributed by atoms with Crippen LogP contribution in [0.4, 0.5) is 26.3 Å². The van der Waals surface area contributed by atoms with Gasteiger partial charge in [0, 0.05) is 50.6 Å². The second kappa shape index (κ2) is 12.6. The molecule has 7 rings (SSSR count). The van der Waals surface area contributed by atoms with Crippen molar-refractivity contribution in [3.05, 3.63) is 94.6 Å². The van der Waals surface area contributed by atoms with Gasteiger partial charge in [-0.3, -0.25) is 14.3 Å². The third-order valence-electron chi connectivity index (χ3n) is 11.1. The van der Waals surface area contributed by atoms with Crippen LogP contribution in [0.15, 0.2) is 60.9 Å². The molecule has 3 heterocycles. The normalized spacial score (nSPS) is 21.7. The first-order chi connectivity index (χ1) is 24.1. The maximum atomic E-state index is 13.9. The number of halogens is 6.